The maximum Gasteiger partial charge on any atom is 0.280 e. The molecule has 1 saturated heterocycles. The summed E-state index contributed by atoms with van der Waals surface area (Å²) in [5.41, 5.74) is 0. The average molecular weight is 190 g/mol. The first-order valence-electron chi connectivity index (χ1n) is 3.59. The molecule has 1 rings (SSSR count). The molecule has 0 radical (unpaired) electrons. The molecule has 12 heavy (non-hydrogen) atoms. The molecule has 0 aromatic rings. The van der Waals surface area contributed by atoms with Crippen molar-refractivity contribution in [2.24, 2.45) is 0 Å². The summed E-state index contributed by atoms with van der Waals surface area (Å²) in [5.74, 6) is 0. The van der Waals surface area contributed by atoms with Crippen LogP contribution < -0.4 is 0 Å². The van der Waals surface area contributed by atoms with Gasteiger partial charge in [0.05, 0.1) is 12.3 Å². The molecule has 0 bridgehead atoms. The molecule has 1 atom stereocenters. The van der Waals surface area contributed by atoms with E-state index >= 15 is 0 Å². The van der Waals surface area contributed by atoms with E-state index in [9.17, 15) is 8.42 Å². The average Bonchev–Trinajstić information content (AvgIpc) is 2.31. The van der Waals surface area contributed by atoms with Crippen molar-refractivity contribution in [1.82, 2.24) is 5.06 Å². The Morgan fingerprint density at radius 1 is 1.67 bits per heavy atom. The number of hydroxylamine groups is 2. The molecule has 5 nitrogen and oxygen atoms in total. The minimum atomic E-state index is -3.48. The molecule has 0 aliphatic carbocycles. The van der Waals surface area contributed by atoms with Gasteiger partial charge in [0.25, 0.3) is 10.1 Å². The van der Waals surface area contributed by atoms with Gasteiger partial charge in [0.2, 0.25) is 0 Å². The van der Waals surface area contributed by atoms with Crippen LogP contribution in [0.25, 0.3) is 0 Å². The molecule has 0 aromatic carbocycles. The molecule has 1 aliphatic heterocycles. The summed E-state index contributed by atoms with van der Waals surface area (Å²) in [6.07, 6.45) is 2.44. The van der Waals surface area contributed by atoms with Crippen molar-refractivity contribution < 1.29 is 12.7 Å². The van der Waals surface area contributed by atoms with Gasteiger partial charge in [-0.25, -0.2) is 0 Å². The second-order valence-electron chi connectivity index (χ2n) is 2.71. The molecule has 0 N–H and O–H groups in total. The highest BCUT2D eigenvalue weighted by Gasteiger charge is 2.27. The van der Waals surface area contributed by atoms with Crippen molar-refractivity contribution in [3.05, 3.63) is 0 Å². The lowest BCUT2D eigenvalue weighted by atomic mass is 10.2. The molecule has 1 aliphatic rings. The van der Waals surface area contributed by atoms with Crippen LogP contribution in [0.4, 0.5) is 0 Å². The topological polar surface area (TPSA) is 70.4 Å². The fraction of sp³-hybridized carbons (Fsp3) is 0.833. The summed E-state index contributed by atoms with van der Waals surface area (Å²) >= 11 is 0. The Hall–Kier alpha value is -0.640. The van der Waals surface area contributed by atoms with Crippen LogP contribution in [0.15, 0.2) is 0 Å². The van der Waals surface area contributed by atoms with Gasteiger partial charge in [0, 0.05) is 6.54 Å². The zero-order valence-corrected chi connectivity index (χ0v) is 7.54. The van der Waals surface area contributed by atoms with Gasteiger partial charge < -0.3 is 0 Å². The maximum atomic E-state index is 10.7. The van der Waals surface area contributed by atoms with Gasteiger partial charge in [-0.1, -0.05) is 0 Å². The van der Waals surface area contributed by atoms with Crippen LogP contribution in [-0.4, -0.2) is 32.3 Å². The normalized spacial score (nSPS) is 25.5. The predicted octanol–water partition coefficient (Wildman–Crippen LogP) is -0.134. The fourth-order valence-corrected chi connectivity index (χ4v) is 1.66. The number of hydrogen-bond donors (Lipinski definition) is 0. The van der Waals surface area contributed by atoms with Crippen LogP contribution in [0, 0.1) is 11.3 Å². The molecule has 0 saturated carbocycles. The predicted molar refractivity (Wildman–Crippen MR) is 41.3 cm³/mol. The van der Waals surface area contributed by atoms with Crippen molar-refractivity contribution in [3.63, 3.8) is 0 Å². The minimum Gasteiger partial charge on any atom is -0.198 e. The number of nitriles is 1. The van der Waals surface area contributed by atoms with E-state index in [1.165, 1.54) is 5.06 Å². The first kappa shape index (κ1) is 9.45. The van der Waals surface area contributed by atoms with E-state index in [0.717, 1.165) is 12.7 Å². The monoisotopic (exact) mass is 190 g/mol. The van der Waals surface area contributed by atoms with E-state index in [0.29, 0.717) is 13.0 Å². The van der Waals surface area contributed by atoms with Gasteiger partial charge in [-0.15, -0.1) is 0 Å². The van der Waals surface area contributed by atoms with Crippen molar-refractivity contribution in [3.8, 4) is 6.07 Å². The van der Waals surface area contributed by atoms with E-state index in [1.54, 1.807) is 0 Å². The van der Waals surface area contributed by atoms with Gasteiger partial charge >= 0.3 is 0 Å². The second kappa shape index (κ2) is 3.39. The molecule has 0 amide bonds. The molecular weight excluding hydrogens is 180 g/mol. The minimum absolute atomic E-state index is 0.417. The molecule has 1 fully saturated rings. The Balaban J connectivity index is 2.59. The van der Waals surface area contributed by atoms with Crippen molar-refractivity contribution in [2.45, 2.75) is 18.9 Å². The summed E-state index contributed by atoms with van der Waals surface area (Å²) in [4.78, 5) is 0. The van der Waals surface area contributed by atoms with Gasteiger partial charge in [-0.05, 0) is 12.8 Å². The third kappa shape index (κ3) is 2.44. The first-order chi connectivity index (χ1) is 5.53. The molecule has 68 valence electrons. The molecule has 1 heterocycles. The van der Waals surface area contributed by atoms with Crippen LogP contribution in [0.3, 0.4) is 0 Å². The van der Waals surface area contributed by atoms with Crippen molar-refractivity contribution in [1.29, 1.82) is 5.26 Å². The number of nitrogens with zero attached hydrogens (tertiary/aromatic N) is 2. The molecule has 1 unspecified atom stereocenters. The smallest absolute Gasteiger partial charge is 0.198 e. The third-order valence-corrected chi connectivity index (χ3v) is 2.05. The fourth-order valence-electron chi connectivity index (χ4n) is 1.13. The lowest BCUT2D eigenvalue weighted by Gasteiger charge is -2.15. The van der Waals surface area contributed by atoms with Crippen LogP contribution in [0.2, 0.25) is 0 Å². The van der Waals surface area contributed by atoms with Gasteiger partial charge in [-0.2, -0.15) is 23.0 Å². The summed E-state index contributed by atoms with van der Waals surface area (Å²) < 4.78 is 25.9. The zero-order valence-electron chi connectivity index (χ0n) is 6.73. The van der Waals surface area contributed by atoms with Crippen LogP contribution in [0.1, 0.15) is 12.8 Å². The third-order valence-electron chi connectivity index (χ3n) is 1.58. The van der Waals surface area contributed by atoms with Crippen molar-refractivity contribution in [2.75, 3.05) is 12.8 Å². The quantitative estimate of drug-likeness (QED) is 0.606. The summed E-state index contributed by atoms with van der Waals surface area (Å²) in [6, 6.07) is 1.56. The molecule has 0 spiro atoms. The second-order valence-corrected chi connectivity index (χ2v) is 4.26. The van der Waals surface area contributed by atoms with Crippen molar-refractivity contribution >= 4 is 10.1 Å². The maximum absolute atomic E-state index is 10.7. The van der Waals surface area contributed by atoms with Gasteiger partial charge in [0.15, 0.2) is 0 Å². The lowest BCUT2D eigenvalue weighted by molar-refractivity contribution is -0.0464. The zero-order chi connectivity index (χ0) is 9.19. The standard InChI is InChI=1S/C6H10N2O3S/c1-12(9,10)11-8-4-2-3-6(8)5-7/h6H,2-4H2,1H3. The highest BCUT2D eigenvalue weighted by molar-refractivity contribution is 7.85. The van der Waals surface area contributed by atoms with Crippen LogP contribution >= 0.6 is 0 Å². The number of rotatable bonds is 2. The largest absolute Gasteiger partial charge is 0.280 e. The van der Waals surface area contributed by atoms with E-state index in [4.69, 9.17) is 5.26 Å². The van der Waals surface area contributed by atoms with Gasteiger partial charge in [0.1, 0.15) is 6.04 Å². The van der Waals surface area contributed by atoms with Gasteiger partial charge in [-0.3, -0.25) is 0 Å². The highest BCUT2D eigenvalue weighted by atomic mass is 32.2. The SMILES string of the molecule is CS(=O)(=O)ON1CCCC1C#N. The van der Waals surface area contributed by atoms with E-state index < -0.39 is 16.2 Å². The van der Waals surface area contributed by atoms with E-state index in [2.05, 4.69) is 4.28 Å². The Morgan fingerprint density at radius 2 is 2.33 bits per heavy atom. The number of hydrogen-bond acceptors (Lipinski definition) is 5. The van der Waals surface area contributed by atoms with E-state index in [1.807, 2.05) is 6.07 Å². The Kier molecular flexibility index (Phi) is 2.67. The molecular formula is C6H10N2O3S. The molecule has 6 heteroatoms. The first-order valence-corrected chi connectivity index (χ1v) is 5.40. The summed E-state index contributed by atoms with van der Waals surface area (Å²) in [5, 5.41) is 9.78. The van der Waals surface area contributed by atoms with Crippen LogP contribution in [0.5, 0.6) is 0 Å². The highest BCUT2D eigenvalue weighted by Crippen LogP contribution is 2.17. The Morgan fingerprint density at radius 3 is 2.83 bits per heavy atom. The Bertz CT molecular complexity index is 292. The van der Waals surface area contributed by atoms with Crippen LogP contribution in [-0.2, 0) is 14.4 Å². The Labute approximate surface area is 71.6 Å². The molecule has 0 aromatic heterocycles. The lowest BCUT2D eigenvalue weighted by Crippen LogP contribution is -2.30. The van der Waals surface area contributed by atoms with E-state index in [-0.39, 0.29) is 0 Å². The summed E-state index contributed by atoms with van der Waals surface area (Å²) in [7, 11) is -3.48. The summed E-state index contributed by atoms with van der Waals surface area (Å²) in [6.45, 7) is 0.505.